The second kappa shape index (κ2) is 8.05. The van der Waals surface area contributed by atoms with E-state index in [9.17, 15) is 5.11 Å². The third-order valence-electron chi connectivity index (χ3n) is 2.61. The third kappa shape index (κ3) is 5.47. The molecule has 0 aromatic heterocycles. The fraction of sp³-hybridized carbons (Fsp3) is 1.00. The number of aliphatic hydroxyl groups is 1. The Hall–Kier alpha value is -0.160. The number of hydrogen-bond acceptors (Lipinski definition) is 4. The van der Waals surface area contributed by atoms with Crippen molar-refractivity contribution < 1.29 is 19.3 Å². The van der Waals surface area contributed by atoms with Gasteiger partial charge in [-0.2, -0.15) is 0 Å². The topological polar surface area (TPSA) is 47.9 Å². The van der Waals surface area contributed by atoms with Gasteiger partial charge in [-0.1, -0.05) is 0 Å². The number of ether oxygens (including phenoxy) is 3. The van der Waals surface area contributed by atoms with Crippen molar-refractivity contribution in [1.82, 2.24) is 0 Å². The van der Waals surface area contributed by atoms with E-state index in [1.807, 2.05) is 0 Å². The molecule has 1 saturated carbocycles. The number of methoxy groups -OCH3 is 1. The fourth-order valence-corrected chi connectivity index (χ4v) is 1.74. The zero-order valence-electron chi connectivity index (χ0n) is 9.48. The summed E-state index contributed by atoms with van der Waals surface area (Å²) in [6.45, 7) is 2.66. The van der Waals surface area contributed by atoms with Crippen molar-refractivity contribution in [1.29, 1.82) is 0 Å². The third-order valence-corrected chi connectivity index (χ3v) is 2.61. The molecule has 90 valence electrons. The fourth-order valence-electron chi connectivity index (χ4n) is 1.74. The first-order chi connectivity index (χ1) is 7.34. The summed E-state index contributed by atoms with van der Waals surface area (Å²) < 4.78 is 15.7. The summed E-state index contributed by atoms with van der Waals surface area (Å²) in [5.41, 5.74) is 0. The second-order valence-corrected chi connectivity index (χ2v) is 3.87. The summed E-state index contributed by atoms with van der Waals surface area (Å²) >= 11 is 0. The molecule has 0 spiro atoms. The van der Waals surface area contributed by atoms with Crippen LogP contribution in [0, 0.1) is 0 Å². The van der Waals surface area contributed by atoms with E-state index in [0.717, 1.165) is 25.7 Å². The van der Waals surface area contributed by atoms with Crippen molar-refractivity contribution >= 4 is 0 Å². The minimum Gasteiger partial charge on any atom is -0.390 e. The van der Waals surface area contributed by atoms with Crippen LogP contribution in [0.25, 0.3) is 0 Å². The Morgan fingerprint density at radius 1 is 1.13 bits per heavy atom. The van der Waals surface area contributed by atoms with E-state index in [0.29, 0.717) is 26.4 Å². The smallest absolute Gasteiger partial charge is 0.0833 e. The van der Waals surface area contributed by atoms with Crippen LogP contribution in [-0.4, -0.2) is 50.9 Å². The highest BCUT2D eigenvalue weighted by molar-refractivity contribution is 4.76. The normalized spacial score (nSPS) is 26.0. The number of hydrogen-bond donors (Lipinski definition) is 1. The quantitative estimate of drug-likeness (QED) is 0.617. The average Bonchev–Trinajstić information content (AvgIpc) is 2.63. The van der Waals surface area contributed by atoms with Gasteiger partial charge in [0, 0.05) is 20.3 Å². The molecule has 0 amide bonds. The molecule has 1 fully saturated rings. The molecule has 0 aromatic carbocycles. The molecule has 15 heavy (non-hydrogen) atoms. The van der Waals surface area contributed by atoms with Crippen molar-refractivity contribution in [3.63, 3.8) is 0 Å². The van der Waals surface area contributed by atoms with Gasteiger partial charge in [0.15, 0.2) is 0 Å². The molecule has 0 bridgehead atoms. The zero-order valence-corrected chi connectivity index (χ0v) is 9.48. The molecule has 1 N–H and O–H groups in total. The van der Waals surface area contributed by atoms with Gasteiger partial charge in [-0.3, -0.25) is 0 Å². The lowest BCUT2D eigenvalue weighted by atomic mass is 10.2. The molecule has 1 aliphatic rings. The molecule has 0 heterocycles. The highest BCUT2D eigenvalue weighted by Crippen LogP contribution is 2.21. The summed E-state index contributed by atoms with van der Waals surface area (Å²) in [4.78, 5) is 0. The van der Waals surface area contributed by atoms with Gasteiger partial charge in [0.25, 0.3) is 0 Å². The summed E-state index contributed by atoms with van der Waals surface area (Å²) in [5, 5.41) is 9.49. The van der Waals surface area contributed by atoms with Crippen LogP contribution in [0.2, 0.25) is 0 Å². The highest BCUT2D eigenvalue weighted by Gasteiger charge is 2.25. The van der Waals surface area contributed by atoms with E-state index in [2.05, 4.69) is 0 Å². The number of aliphatic hydroxyl groups excluding tert-OH is 1. The van der Waals surface area contributed by atoms with E-state index in [4.69, 9.17) is 14.2 Å². The van der Waals surface area contributed by atoms with E-state index in [1.165, 1.54) is 0 Å². The summed E-state index contributed by atoms with van der Waals surface area (Å²) in [5.74, 6) is 0. The Bertz CT molecular complexity index is 152. The largest absolute Gasteiger partial charge is 0.390 e. The van der Waals surface area contributed by atoms with Crippen molar-refractivity contribution in [2.45, 2.75) is 37.9 Å². The molecule has 1 rings (SSSR count). The van der Waals surface area contributed by atoms with Gasteiger partial charge >= 0.3 is 0 Å². The molecule has 4 nitrogen and oxygen atoms in total. The highest BCUT2D eigenvalue weighted by atomic mass is 16.5. The molecule has 0 radical (unpaired) electrons. The van der Waals surface area contributed by atoms with E-state index in [-0.39, 0.29) is 12.2 Å². The van der Waals surface area contributed by atoms with Crippen LogP contribution < -0.4 is 0 Å². The first-order valence-electron chi connectivity index (χ1n) is 5.71. The second-order valence-electron chi connectivity index (χ2n) is 3.87. The Labute approximate surface area is 91.5 Å². The maximum absolute atomic E-state index is 9.49. The molecule has 0 saturated heterocycles. The molecular weight excluding hydrogens is 196 g/mol. The minimum absolute atomic E-state index is 0.0592. The van der Waals surface area contributed by atoms with Gasteiger partial charge in [-0.15, -0.1) is 0 Å². The SMILES string of the molecule is COCCOCCCOC1CCCC1O. The summed E-state index contributed by atoms with van der Waals surface area (Å²) in [6.07, 6.45) is 3.65. The zero-order chi connectivity index (χ0) is 10.9. The van der Waals surface area contributed by atoms with Gasteiger partial charge in [0.2, 0.25) is 0 Å². The Morgan fingerprint density at radius 2 is 2.00 bits per heavy atom. The maximum Gasteiger partial charge on any atom is 0.0833 e. The first kappa shape index (κ1) is 12.9. The lowest BCUT2D eigenvalue weighted by Gasteiger charge is -2.15. The predicted molar refractivity (Wildman–Crippen MR) is 56.9 cm³/mol. The van der Waals surface area contributed by atoms with Crippen LogP contribution >= 0.6 is 0 Å². The molecule has 0 aliphatic heterocycles. The van der Waals surface area contributed by atoms with Crippen molar-refractivity contribution in [2.24, 2.45) is 0 Å². The van der Waals surface area contributed by atoms with Crippen LogP contribution in [-0.2, 0) is 14.2 Å². The van der Waals surface area contributed by atoms with Crippen LogP contribution in [0.1, 0.15) is 25.7 Å². The molecular formula is C11H22O4. The van der Waals surface area contributed by atoms with Crippen LogP contribution in [0.15, 0.2) is 0 Å². The van der Waals surface area contributed by atoms with Gasteiger partial charge in [0.1, 0.15) is 0 Å². The van der Waals surface area contributed by atoms with E-state index in [1.54, 1.807) is 7.11 Å². The van der Waals surface area contributed by atoms with Gasteiger partial charge in [0.05, 0.1) is 25.4 Å². The molecule has 4 heteroatoms. The lowest BCUT2D eigenvalue weighted by Crippen LogP contribution is -2.23. The standard InChI is InChI=1S/C11H22O4/c1-13-8-9-14-6-3-7-15-11-5-2-4-10(11)12/h10-12H,2-9H2,1H3. The van der Waals surface area contributed by atoms with Crippen LogP contribution in [0.5, 0.6) is 0 Å². The molecule has 1 aliphatic carbocycles. The van der Waals surface area contributed by atoms with Gasteiger partial charge < -0.3 is 19.3 Å². The molecule has 2 atom stereocenters. The van der Waals surface area contributed by atoms with Crippen molar-refractivity contribution in [3.05, 3.63) is 0 Å². The van der Waals surface area contributed by atoms with Crippen molar-refractivity contribution in [3.8, 4) is 0 Å². The van der Waals surface area contributed by atoms with E-state index < -0.39 is 0 Å². The van der Waals surface area contributed by atoms with Crippen molar-refractivity contribution in [2.75, 3.05) is 33.5 Å². The first-order valence-corrected chi connectivity index (χ1v) is 5.71. The van der Waals surface area contributed by atoms with Gasteiger partial charge in [-0.05, 0) is 25.7 Å². The summed E-state index contributed by atoms with van der Waals surface area (Å²) in [6, 6.07) is 0. The lowest BCUT2D eigenvalue weighted by molar-refractivity contribution is -0.0273. The maximum atomic E-state index is 9.49. The Kier molecular flexibility index (Phi) is 6.92. The predicted octanol–water partition coefficient (Wildman–Crippen LogP) is 0.969. The molecule has 2 unspecified atom stereocenters. The van der Waals surface area contributed by atoms with E-state index >= 15 is 0 Å². The average molecular weight is 218 g/mol. The Morgan fingerprint density at radius 3 is 2.67 bits per heavy atom. The monoisotopic (exact) mass is 218 g/mol. The Balaban J connectivity index is 1.84. The number of rotatable bonds is 8. The van der Waals surface area contributed by atoms with Crippen LogP contribution in [0.4, 0.5) is 0 Å². The summed E-state index contributed by atoms with van der Waals surface area (Å²) in [7, 11) is 1.66. The van der Waals surface area contributed by atoms with Gasteiger partial charge in [-0.25, -0.2) is 0 Å². The molecule has 0 aromatic rings. The van der Waals surface area contributed by atoms with Crippen LogP contribution in [0.3, 0.4) is 0 Å². The minimum atomic E-state index is -0.251.